The maximum atomic E-state index is 5.06. The summed E-state index contributed by atoms with van der Waals surface area (Å²) in [5, 5.41) is 4.90. The maximum Gasteiger partial charge on any atom is 0.161 e. The van der Waals surface area contributed by atoms with Gasteiger partial charge in [0.25, 0.3) is 0 Å². The van der Waals surface area contributed by atoms with Gasteiger partial charge in [0.15, 0.2) is 11.7 Å². The van der Waals surface area contributed by atoms with Crippen molar-refractivity contribution in [3.63, 3.8) is 0 Å². The maximum absolute atomic E-state index is 5.06. The number of aliphatic imine (C=N–C) groups is 3. The molecule has 1 aliphatic carbocycles. The van der Waals surface area contributed by atoms with Crippen LogP contribution < -0.4 is 4.90 Å². The Kier molecular flexibility index (Phi) is 8.47. The summed E-state index contributed by atoms with van der Waals surface area (Å²) in [6, 6.07) is 64.2. The highest BCUT2D eigenvalue weighted by Gasteiger charge is 2.25. The monoisotopic (exact) mass is 680 g/mol. The van der Waals surface area contributed by atoms with Crippen LogP contribution in [0.3, 0.4) is 0 Å². The Balaban J connectivity index is 1.09. The topological polar surface area (TPSA) is 40.3 Å². The van der Waals surface area contributed by atoms with Gasteiger partial charge in [0.1, 0.15) is 0 Å². The van der Waals surface area contributed by atoms with Crippen LogP contribution in [0.1, 0.15) is 27.8 Å². The van der Waals surface area contributed by atoms with Crippen molar-refractivity contribution in [2.45, 2.75) is 13.0 Å². The van der Waals surface area contributed by atoms with Crippen LogP contribution in [-0.2, 0) is 13.0 Å². The number of benzene rings is 8. The molecule has 0 aliphatic heterocycles. The Morgan fingerprint density at radius 3 is 1.72 bits per heavy atom. The molecule has 0 spiro atoms. The summed E-state index contributed by atoms with van der Waals surface area (Å²) in [5.74, 6) is 1.18. The SMILES string of the molecule is C=NC(=NC(=NCc1ccc2c(c1)Cc1c-2cccc1N(c1ccc2ccccc2c1)c1ccc2ccccc2c1)c1ccccc1)c1ccccc1. The first-order valence-corrected chi connectivity index (χ1v) is 17.9. The first-order valence-electron chi connectivity index (χ1n) is 17.9. The molecule has 0 aromatic heterocycles. The fourth-order valence-corrected chi connectivity index (χ4v) is 7.45. The van der Waals surface area contributed by atoms with Gasteiger partial charge in [-0.3, -0.25) is 4.99 Å². The molecule has 53 heavy (non-hydrogen) atoms. The third-order valence-corrected chi connectivity index (χ3v) is 10.0. The van der Waals surface area contributed by atoms with Crippen LogP contribution >= 0.6 is 0 Å². The molecule has 0 radical (unpaired) electrons. The molecule has 0 amide bonds. The average molecular weight is 681 g/mol. The molecule has 4 nitrogen and oxygen atoms in total. The lowest BCUT2D eigenvalue weighted by Crippen LogP contribution is -2.12. The van der Waals surface area contributed by atoms with Crippen molar-refractivity contribution in [2.24, 2.45) is 15.0 Å². The second-order valence-corrected chi connectivity index (χ2v) is 13.3. The molecule has 0 bridgehead atoms. The van der Waals surface area contributed by atoms with Gasteiger partial charge in [0, 0.05) is 28.9 Å². The third-order valence-electron chi connectivity index (χ3n) is 10.0. The number of fused-ring (bicyclic) bond motifs is 5. The zero-order valence-corrected chi connectivity index (χ0v) is 29.2. The normalized spacial score (nSPS) is 12.5. The first kappa shape index (κ1) is 32.0. The second-order valence-electron chi connectivity index (χ2n) is 13.3. The molecular weight excluding hydrogens is 645 g/mol. The van der Waals surface area contributed by atoms with Crippen LogP contribution in [0.4, 0.5) is 17.1 Å². The van der Waals surface area contributed by atoms with E-state index in [2.05, 4.69) is 138 Å². The summed E-state index contributed by atoms with van der Waals surface area (Å²) in [6.45, 7) is 4.30. The van der Waals surface area contributed by atoms with E-state index in [0.29, 0.717) is 18.2 Å². The third kappa shape index (κ3) is 6.32. The minimum Gasteiger partial charge on any atom is -0.310 e. The van der Waals surface area contributed by atoms with E-state index in [9.17, 15) is 0 Å². The molecule has 252 valence electrons. The highest BCUT2D eigenvalue weighted by atomic mass is 15.1. The number of hydrogen-bond acceptors (Lipinski definition) is 2. The summed E-state index contributed by atoms with van der Waals surface area (Å²) in [4.78, 5) is 16.7. The van der Waals surface area contributed by atoms with E-state index in [-0.39, 0.29) is 0 Å². The molecule has 0 N–H and O–H groups in total. The Bertz CT molecular complexity index is 2610. The fraction of sp³-hybridized carbons (Fsp3) is 0.0408. The van der Waals surface area contributed by atoms with Gasteiger partial charge in [0.05, 0.1) is 12.2 Å². The summed E-state index contributed by atoms with van der Waals surface area (Å²) in [5.41, 5.74) is 11.6. The molecule has 0 unspecified atom stereocenters. The van der Waals surface area contributed by atoms with Crippen molar-refractivity contribution in [2.75, 3.05) is 4.90 Å². The Labute approximate surface area is 309 Å². The van der Waals surface area contributed by atoms with E-state index in [1.807, 2.05) is 60.7 Å². The highest BCUT2D eigenvalue weighted by molar-refractivity contribution is 6.12. The van der Waals surface area contributed by atoms with E-state index in [1.165, 1.54) is 49.5 Å². The highest BCUT2D eigenvalue weighted by Crippen LogP contribution is 2.46. The van der Waals surface area contributed by atoms with Crippen LogP contribution in [0.5, 0.6) is 0 Å². The van der Waals surface area contributed by atoms with Crippen molar-refractivity contribution >= 4 is 57.0 Å². The van der Waals surface area contributed by atoms with Crippen LogP contribution in [0.15, 0.2) is 197 Å². The molecule has 0 atom stereocenters. The van der Waals surface area contributed by atoms with E-state index in [1.54, 1.807) is 0 Å². The van der Waals surface area contributed by atoms with E-state index < -0.39 is 0 Å². The van der Waals surface area contributed by atoms with Gasteiger partial charge in [-0.2, -0.15) is 0 Å². The lowest BCUT2D eigenvalue weighted by molar-refractivity contribution is 1.05. The molecule has 8 aromatic carbocycles. The van der Waals surface area contributed by atoms with Crippen LogP contribution in [0, 0.1) is 0 Å². The van der Waals surface area contributed by atoms with Gasteiger partial charge in [-0.05, 0) is 86.4 Å². The largest absolute Gasteiger partial charge is 0.310 e. The average Bonchev–Trinajstić information content (AvgIpc) is 3.60. The fourth-order valence-electron chi connectivity index (χ4n) is 7.45. The van der Waals surface area contributed by atoms with E-state index in [4.69, 9.17) is 9.98 Å². The predicted molar refractivity (Wildman–Crippen MR) is 224 cm³/mol. The zero-order valence-electron chi connectivity index (χ0n) is 29.2. The first-order chi connectivity index (χ1) is 26.2. The predicted octanol–water partition coefficient (Wildman–Crippen LogP) is 12.1. The minimum absolute atomic E-state index is 0.490. The Morgan fingerprint density at radius 2 is 1.09 bits per heavy atom. The number of amidine groups is 2. The molecule has 8 aromatic rings. The molecule has 1 aliphatic rings. The van der Waals surface area contributed by atoms with Crippen molar-refractivity contribution < 1.29 is 0 Å². The number of rotatable bonds is 7. The van der Waals surface area contributed by atoms with Gasteiger partial charge in [-0.1, -0.05) is 152 Å². The van der Waals surface area contributed by atoms with Crippen LogP contribution in [0.2, 0.25) is 0 Å². The van der Waals surface area contributed by atoms with Crippen molar-refractivity contribution in [1.29, 1.82) is 0 Å². The second kappa shape index (κ2) is 14.0. The van der Waals surface area contributed by atoms with Gasteiger partial charge in [-0.15, -0.1) is 0 Å². The molecule has 0 saturated carbocycles. The lowest BCUT2D eigenvalue weighted by atomic mass is 10.0. The van der Waals surface area contributed by atoms with Crippen molar-refractivity contribution in [1.82, 2.24) is 0 Å². The van der Waals surface area contributed by atoms with E-state index >= 15 is 0 Å². The molecular formula is C49H36N4. The Morgan fingerprint density at radius 1 is 0.509 bits per heavy atom. The molecule has 0 heterocycles. The van der Waals surface area contributed by atoms with Crippen molar-refractivity contribution in [3.05, 3.63) is 210 Å². The summed E-state index contributed by atoms with van der Waals surface area (Å²) >= 11 is 0. The summed E-state index contributed by atoms with van der Waals surface area (Å²) < 4.78 is 0. The zero-order chi connectivity index (χ0) is 35.6. The van der Waals surface area contributed by atoms with Gasteiger partial charge < -0.3 is 4.90 Å². The lowest BCUT2D eigenvalue weighted by Gasteiger charge is -2.28. The van der Waals surface area contributed by atoms with Gasteiger partial charge in [0.2, 0.25) is 0 Å². The number of nitrogens with zero attached hydrogens (tertiary/aromatic N) is 4. The van der Waals surface area contributed by atoms with Crippen molar-refractivity contribution in [3.8, 4) is 11.1 Å². The van der Waals surface area contributed by atoms with Crippen LogP contribution in [0.25, 0.3) is 32.7 Å². The Hall–Kier alpha value is -6.91. The summed E-state index contributed by atoms with van der Waals surface area (Å²) in [6.07, 6.45) is 0.832. The molecule has 9 rings (SSSR count). The minimum atomic E-state index is 0.490. The standard InChI is InChI=1S/C49H36N4/c1-50-48(37-15-4-2-5-16-37)52-49(38-17-6-3-7-18-38)51-33-34-23-28-44-41(29-34)32-46-45(44)21-12-22-47(46)53(42-26-24-35-13-8-10-19-39(35)30-42)43-27-25-36-14-9-11-20-40(36)31-43/h2-31H,1,32-33H2. The quantitative estimate of drug-likeness (QED) is 0.122. The van der Waals surface area contributed by atoms with Gasteiger partial charge >= 0.3 is 0 Å². The molecule has 0 fully saturated rings. The molecule has 0 saturated heterocycles. The number of hydrogen-bond donors (Lipinski definition) is 0. The summed E-state index contributed by atoms with van der Waals surface area (Å²) in [7, 11) is 0. The smallest absolute Gasteiger partial charge is 0.161 e. The van der Waals surface area contributed by atoms with Gasteiger partial charge in [-0.25, -0.2) is 9.98 Å². The molecule has 4 heteroatoms. The number of anilines is 3. The van der Waals surface area contributed by atoms with E-state index in [0.717, 1.165) is 34.5 Å². The van der Waals surface area contributed by atoms with Crippen LogP contribution in [-0.4, -0.2) is 18.4 Å².